The second-order valence-electron chi connectivity index (χ2n) is 9.23. The number of nitrogen functional groups attached to an aromatic ring is 1. The van der Waals surface area contributed by atoms with E-state index in [1.165, 1.54) is 17.3 Å². The maximum absolute atomic E-state index is 6.72. The highest BCUT2D eigenvalue weighted by atomic mass is 35.5. The third-order valence-electron chi connectivity index (χ3n) is 7.02. The molecule has 0 unspecified atom stereocenters. The van der Waals surface area contributed by atoms with Crippen LogP contribution in [-0.4, -0.2) is 38.0 Å². The van der Waals surface area contributed by atoms with Gasteiger partial charge in [0.2, 0.25) is 5.95 Å². The standard InChI is InChI=1S/C25H26ClN7OS/c1-14-3-4-17-16(13-14)21(27)25(34-17)6-10-32(11-7-25)24-31-15(2)20(23-30-9-12-33(23)24)35-18-5-8-29-22(28)19(18)26/h3-5,8-9,12-13,21H,6-7,10-11,27H2,1-2H3,(H2,28,29)/t21-/m1/s1. The zero-order valence-corrected chi connectivity index (χ0v) is 21.1. The number of nitrogens with zero attached hydrogens (tertiary/aromatic N) is 5. The van der Waals surface area contributed by atoms with Gasteiger partial charge in [0.1, 0.15) is 17.2 Å². The van der Waals surface area contributed by atoms with Crippen molar-refractivity contribution in [2.75, 3.05) is 23.7 Å². The molecule has 1 aromatic carbocycles. The first-order valence-electron chi connectivity index (χ1n) is 11.6. The van der Waals surface area contributed by atoms with Crippen molar-refractivity contribution in [1.82, 2.24) is 19.4 Å². The number of imidazole rings is 1. The van der Waals surface area contributed by atoms with E-state index in [1.807, 2.05) is 29.7 Å². The van der Waals surface area contributed by atoms with E-state index in [0.717, 1.165) is 64.3 Å². The Hall–Kier alpha value is -3.01. The van der Waals surface area contributed by atoms with Gasteiger partial charge in [-0.2, -0.15) is 0 Å². The van der Waals surface area contributed by atoms with Crippen molar-refractivity contribution in [3.05, 3.63) is 64.7 Å². The van der Waals surface area contributed by atoms with E-state index in [4.69, 9.17) is 32.8 Å². The van der Waals surface area contributed by atoms with Gasteiger partial charge in [0.15, 0.2) is 5.65 Å². The molecular weight excluding hydrogens is 482 g/mol. The number of pyridine rings is 1. The van der Waals surface area contributed by atoms with Crippen molar-refractivity contribution in [3.8, 4) is 5.75 Å². The van der Waals surface area contributed by atoms with Crippen LogP contribution < -0.4 is 21.1 Å². The highest BCUT2D eigenvalue weighted by Gasteiger charge is 2.48. The molecule has 6 rings (SSSR count). The minimum absolute atomic E-state index is 0.126. The lowest BCUT2D eigenvalue weighted by Crippen LogP contribution is -2.52. The fraction of sp³-hybridized carbons (Fsp3) is 0.320. The third-order valence-corrected chi connectivity index (χ3v) is 8.77. The highest BCUT2D eigenvalue weighted by Crippen LogP contribution is 2.48. The summed E-state index contributed by atoms with van der Waals surface area (Å²) in [6.07, 6.45) is 7.04. The molecule has 35 heavy (non-hydrogen) atoms. The zero-order chi connectivity index (χ0) is 24.3. The van der Waals surface area contributed by atoms with Crippen LogP contribution in [0.15, 0.2) is 52.6 Å². The van der Waals surface area contributed by atoms with Crippen LogP contribution in [0.4, 0.5) is 11.8 Å². The molecular formula is C25H26ClN7OS. The SMILES string of the molecule is Cc1ccc2c(c1)[C@@H](N)C1(CCN(c3nc(C)c(Sc4ccnc(N)c4Cl)c4nccn34)CC1)O2. The average molecular weight is 508 g/mol. The molecule has 1 atom stereocenters. The molecule has 1 saturated heterocycles. The number of piperidine rings is 1. The number of halogens is 1. The Morgan fingerprint density at radius 2 is 1.94 bits per heavy atom. The molecule has 0 saturated carbocycles. The van der Waals surface area contributed by atoms with Gasteiger partial charge in [-0.05, 0) is 26.0 Å². The zero-order valence-electron chi connectivity index (χ0n) is 19.5. The minimum atomic E-state index is -0.371. The van der Waals surface area contributed by atoms with Gasteiger partial charge in [-0.3, -0.25) is 4.40 Å². The first-order chi connectivity index (χ1) is 16.9. The van der Waals surface area contributed by atoms with Crippen molar-refractivity contribution in [2.24, 2.45) is 5.73 Å². The molecule has 0 aliphatic carbocycles. The summed E-state index contributed by atoms with van der Waals surface area (Å²) in [5, 5.41) is 0.441. The van der Waals surface area contributed by atoms with Crippen LogP contribution in [-0.2, 0) is 0 Å². The second kappa shape index (κ2) is 8.29. The van der Waals surface area contributed by atoms with Gasteiger partial charge in [-0.15, -0.1) is 0 Å². The Kier molecular flexibility index (Phi) is 5.32. The number of aromatic nitrogens is 4. The summed E-state index contributed by atoms with van der Waals surface area (Å²) in [5.74, 6) is 2.10. The number of aryl methyl sites for hydroxylation is 2. The van der Waals surface area contributed by atoms with Crippen molar-refractivity contribution >= 4 is 40.8 Å². The predicted molar refractivity (Wildman–Crippen MR) is 138 cm³/mol. The van der Waals surface area contributed by atoms with Crippen LogP contribution in [0.5, 0.6) is 5.75 Å². The highest BCUT2D eigenvalue weighted by molar-refractivity contribution is 7.99. The Morgan fingerprint density at radius 1 is 1.14 bits per heavy atom. The number of ether oxygens (including phenoxy) is 1. The molecule has 1 spiro atoms. The molecule has 0 radical (unpaired) electrons. The molecule has 2 aliphatic rings. The van der Waals surface area contributed by atoms with Crippen molar-refractivity contribution in [1.29, 1.82) is 0 Å². The van der Waals surface area contributed by atoms with E-state index in [2.05, 4.69) is 33.9 Å². The lowest BCUT2D eigenvalue weighted by Gasteiger charge is -2.41. The molecule has 1 fully saturated rings. The topological polar surface area (TPSA) is 108 Å². The summed E-state index contributed by atoms with van der Waals surface area (Å²) < 4.78 is 8.51. The van der Waals surface area contributed by atoms with E-state index >= 15 is 0 Å². The van der Waals surface area contributed by atoms with Gasteiger partial charge in [-0.25, -0.2) is 15.0 Å². The van der Waals surface area contributed by atoms with E-state index in [1.54, 1.807) is 12.4 Å². The quantitative estimate of drug-likeness (QED) is 0.415. The number of anilines is 2. The molecule has 2 aliphatic heterocycles. The van der Waals surface area contributed by atoms with Crippen molar-refractivity contribution in [3.63, 3.8) is 0 Å². The summed E-state index contributed by atoms with van der Waals surface area (Å²) in [4.78, 5) is 17.7. The predicted octanol–water partition coefficient (Wildman–Crippen LogP) is 4.56. The van der Waals surface area contributed by atoms with E-state index in [9.17, 15) is 0 Å². The molecule has 3 aromatic heterocycles. The summed E-state index contributed by atoms with van der Waals surface area (Å²) >= 11 is 7.90. The number of rotatable bonds is 3. The van der Waals surface area contributed by atoms with Gasteiger partial charge in [0.25, 0.3) is 0 Å². The summed E-state index contributed by atoms with van der Waals surface area (Å²) in [7, 11) is 0. The van der Waals surface area contributed by atoms with Crippen LogP contribution in [0.25, 0.3) is 5.65 Å². The minimum Gasteiger partial charge on any atom is -0.485 e. The molecule has 0 bridgehead atoms. The smallest absolute Gasteiger partial charge is 0.211 e. The van der Waals surface area contributed by atoms with Crippen LogP contribution in [0.2, 0.25) is 5.02 Å². The molecule has 5 heterocycles. The molecule has 10 heteroatoms. The van der Waals surface area contributed by atoms with Crippen molar-refractivity contribution in [2.45, 2.75) is 48.1 Å². The number of benzene rings is 1. The van der Waals surface area contributed by atoms with E-state index in [-0.39, 0.29) is 11.6 Å². The summed E-state index contributed by atoms with van der Waals surface area (Å²) in [6.45, 7) is 5.67. The van der Waals surface area contributed by atoms with Crippen LogP contribution >= 0.6 is 23.4 Å². The van der Waals surface area contributed by atoms with E-state index < -0.39 is 0 Å². The largest absolute Gasteiger partial charge is 0.485 e. The Bertz CT molecular complexity index is 1450. The molecule has 8 nitrogen and oxygen atoms in total. The fourth-order valence-corrected chi connectivity index (χ4v) is 6.30. The Balaban J connectivity index is 1.28. The van der Waals surface area contributed by atoms with Crippen molar-refractivity contribution < 1.29 is 4.74 Å². The molecule has 0 amide bonds. The van der Waals surface area contributed by atoms with Gasteiger partial charge in [0, 0.05) is 55.0 Å². The molecule has 4 N–H and O–H groups in total. The Morgan fingerprint density at radius 3 is 2.74 bits per heavy atom. The molecule has 4 aromatic rings. The van der Waals surface area contributed by atoms with Crippen LogP contribution in [0.3, 0.4) is 0 Å². The van der Waals surface area contributed by atoms with Crippen LogP contribution in [0.1, 0.15) is 35.7 Å². The number of nitrogens with two attached hydrogens (primary N) is 2. The van der Waals surface area contributed by atoms with Gasteiger partial charge >= 0.3 is 0 Å². The molecule has 180 valence electrons. The average Bonchev–Trinajstić information content (AvgIpc) is 3.43. The van der Waals surface area contributed by atoms with Gasteiger partial charge in [-0.1, -0.05) is 41.1 Å². The summed E-state index contributed by atoms with van der Waals surface area (Å²) in [5.41, 5.74) is 16.3. The number of hydrogen-bond acceptors (Lipinski definition) is 8. The lowest BCUT2D eigenvalue weighted by molar-refractivity contribution is 0.0429. The maximum Gasteiger partial charge on any atom is 0.211 e. The Labute approximate surface area is 212 Å². The van der Waals surface area contributed by atoms with E-state index in [0.29, 0.717) is 10.8 Å². The van der Waals surface area contributed by atoms with Gasteiger partial charge < -0.3 is 21.1 Å². The van der Waals surface area contributed by atoms with Crippen LogP contribution in [0, 0.1) is 13.8 Å². The summed E-state index contributed by atoms with van der Waals surface area (Å²) in [6, 6.07) is 8.00. The van der Waals surface area contributed by atoms with Gasteiger partial charge in [0.05, 0.1) is 21.7 Å². The monoisotopic (exact) mass is 507 g/mol. The first-order valence-corrected chi connectivity index (χ1v) is 12.8. The first kappa shape index (κ1) is 22.5. The fourth-order valence-electron chi connectivity index (χ4n) is 5.09. The third kappa shape index (κ3) is 3.61. The lowest BCUT2D eigenvalue weighted by atomic mass is 9.83. The maximum atomic E-state index is 6.72. The second-order valence-corrected chi connectivity index (χ2v) is 10.7. The number of fused-ring (bicyclic) bond motifs is 2. The normalized spacial score (nSPS) is 18.7. The number of hydrogen-bond donors (Lipinski definition) is 2.